The van der Waals surface area contributed by atoms with Crippen molar-refractivity contribution < 1.29 is 14.4 Å². The predicted molar refractivity (Wildman–Crippen MR) is 121 cm³/mol. The van der Waals surface area contributed by atoms with Crippen LogP contribution in [-0.2, 0) is 4.79 Å². The average Bonchev–Trinajstić information content (AvgIpc) is 2.75. The van der Waals surface area contributed by atoms with Crippen LogP contribution in [0.2, 0.25) is 10.0 Å². The van der Waals surface area contributed by atoms with E-state index in [0.29, 0.717) is 5.69 Å². The molecular weight excluding hydrogens is 457 g/mol. The van der Waals surface area contributed by atoms with Crippen LogP contribution in [0.25, 0.3) is 0 Å². The van der Waals surface area contributed by atoms with Crippen molar-refractivity contribution in [1.29, 1.82) is 5.26 Å². The summed E-state index contributed by atoms with van der Waals surface area (Å²) in [6, 6.07) is 11.0. The molecule has 0 atom stereocenters. The third-order valence-corrected chi connectivity index (χ3v) is 4.53. The molecule has 12 heteroatoms. The van der Waals surface area contributed by atoms with Crippen molar-refractivity contribution in [3.8, 4) is 6.19 Å². The van der Waals surface area contributed by atoms with Crippen molar-refractivity contribution in [2.75, 3.05) is 25.0 Å². The standard InChI is InChI=1S/C20H19Cl2N7O3/c21-14-5-2-6-15(22)17(14)19(32)26-8-7-25-16(30)10-27-18(31)12-3-1-4-13(9-12)29-20(24)28-11-23/h1-6,9H,7-8,10H2,(H,25,30)(H,26,32)(H,27,31)(H3,24,28,29). The third-order valence-electron chi connectivity index (χ3n) is 3.90. The molecule has 0 aliphatic carbocycles. The number of nitriles is 1. The second kappa shape index (κ2) is 12.1. The van der Waals surface area contributed by atoms with E-state index < -0.39 is 17.7 Å². The Morgan fingerprint density at radius 3 is 2.31 bits per heavy atom. The van der Waals surface area contributed by atoms with Crippen LogP contribution in [0.15, 0.2) is 47.5 Å². The molecule has 2 aromatic carbocycles. The number of hydrogen-bond acceptors (Lipinski definition) is 5. The topological polar surface area (TPSA) is 162 Å². The number of benzene rings is 2. The molecule has 0 aliphatic heterocycles. The molecule has 2 rings (SSSR count). The predicted octanol–water partition coefficient (Wildman–Crippen LogP) is 1.48. The van der Waals surface area contributed by atoms with Crippen LogP contribution < -0.4 is 27.0 Å². The van der Waals surface area contributed by atoms with Crippen molar-refractivity contribution in [2.45, 2.75) is 0 Å². The van der Waals surface area contributed by atoms with Gasteiger partial charge < -0.3 is 27.0 Å². The monoisotopic (exact) mass is 475 g/mol. The van der Waals surface area contributed by atoms with Gasteiger partial charge in [-0.15, -0.1) is 4.99 Å². The highest BCUT2D eigenvalue weighted by atomic mass is 35.5. The van der Waals surface area contributed by atoms with Crippen LogP contribution in [0, 0.1) is 11.5 Å². The summed E-state index contributed by atoms with van der Waals surface area (Å²) in [7, 11) is 0. The van der Waals surface area contributed by atoms with E-state index in [0.717, 1.165) is 0 Å². The summed E-state index contributed by atoms with van der Waals surface area (Å²) in [5, 5.41) is 19.2. The number of carbonyl (C=O) groups is 3. The minimum Gasteiger partial charge on any atom is -0.369 e. The molecule has 166 valence electrons. The van der Waals surface area contributed by atoms with Crippen molar-refractivity contribution in [1.82, 2.24) is 16.0 Å². The van der Waals surface area contributed by atoms with Crippen molar-refractivity contribution in [3.63, 3.8) is 0 Å². The normalized spacial score (nSPS) is 10.6. The molecule has 0 saturated carbocycles. The van der Waals surface area contributed by atoms with Gasteiger partial charge >= 0.3 is 0 Å². The zero-order valence-corrected chi connectivity index (χ0v) is 18.1. The first-order chi connectivity index (χ1) is 15.3. The van der Waals surface area contributed by atoms with Crippen molar-refractivity contribution in [2.24, 2.45) is 10.7 Å². The smallest absolute Gasteiger partial charge is 0.254 e. The number of nitrogens with one attached hydrogen (secondary N) is 4. The first kappa shape index (κ1) is 24.5. The fourth-order valence-electron chi connectivity index (χ4n) is 2.47. The highest BCUT2D eigenvalue weighted by Crippen LogP contribution is 2.23. The second-order valence-corrected chi connectivity index (χ2v) is 7.00. The summed E-state index contributed by atoms with van der Waals surface area (Å²) in [6.45, 7) is 0.0116. The number of carbonyl (C=O) groups excluding carboxylic acids is 3. The lowest BCUT2D eigenvalue weighted by molar-refractivity contribution is -0.120. The number of anilines is 1. The van der Waals surface area contributed by atoms with Gasteiger partial charge in [0.25, 0.3) is 11.8 Å². The van der Waals surface area contributed by atoms with E-state index in [2.05, 4.69) is 26.3 Å². The number of amides is 3. The summed E-state index contributed by atoms with van der Waals surface area (Å²) in [4.78, 5) is 39.6. The zero-order valence-electron chi connectivity index (χ0n) is 16.6. The second-order valence-electron chi connectivity index (χ2n) is 6.19. The van der Waals surface area contributed by atoms with E-state index >= 15 is 0 Å². The van der Waals surface area contributed by atoms with Gasteiger partial charge in [-0.1, -0.05) is 35.3 Å². The fourth-order valence-corrected chi connectivity index (χ4v) is 3.04. The quantitative estimate of drug-likeness (QED) is 0.168. The maximum atomic E-state index is 12.2. The molecule has 0 heterocycles. The van der Waals surface area contributed by atoms with Crippen LogP contribution in [0.3, 0.4) is 0 Å². The summed E-state index contributed by atoms with van der Waals surface area (Å²) in [5.74, 6) is -1.50. The van der Waals surface area contributed by atoms with Gasteiger partial charge in [-0.05, 0) is 30.3 Å². The molecule has 3 amide bonds. The van der Waals surface area contributed by atoms with Crippen LogP contribution >= 0.6 is 23.2 Å². The molecule has 0 spiro atoms. The minimum absolute atomic E-state index is 0.117. The molecule has 0 aliphatic rings. The SMILES string of the molecule is N#C/N=C(\N)Nc1cccc(C(=O)NCC(=O)NCCNC(=O)c2c(Cl)cccc2Cl)c1. The summed E-state index contributed by atoms with van der Waals surface area (Å²) in [5.41, 5.74) is 6.37. The number of rotatable bonds is 8. The lowest BCUT2D eigenvalue weighted by atomic mass is 10.2. The largest absolute Gasteiger partial charge is 0.369 e. The van der Waals surface area contributed by atoms with Crippen molar-refractivity contribution in [3.05, 3.63) is 63.6 Å². The zero-order chi connectivity index (χ0) is 23.5. The van der Waals surface area contributed by atoms with E-state index in [9.17, 15) is 14.4 Å². The van der Waals surface area contributed by atoms with Gasteiger partial charge in [-0.25, -0.2) is 0 Å². The van der Waals surface area contributed by atoms with Gasteiger partial charge in [0.05, 0.1) is 22.2 Å². The Morgan fingerprint density at radius 1 is 0.969 bits per heavy atom. The van der Waals surface area contributed by atoms with E-state index in [-0.39, 0.29) is 46.8 Å². The van der Waals surface area contributed by atoms with Crippen LogP contribution in [0.4, 0.5) is 5.69 Å². The fraction of sp³-hybridized carbons (Fsp3) is 0.150. The number of halogens is 2. The number of nitrogens with two attached hydrogens (primary N) is 1. The lowest BCUT2D eigenvalue weighted by Gasteiger charge is -2.10. The van der Waals surface area contributed by atoms with E-state index in [1.54, 1.807) is 36.4 Å². The summed E-state index contributed by atoms with van der Waals surface area (Å²) in [6.07, 6.45) is 1.54. The molecule has 0 unspecified atom stereocenters. The number of guanidine groups is 1. The number of nitrogens with zero attached hydrogens (tertiary/aromatic N) is 2. The minimum atomic E-state index is -0.485. The summed E-state index contributed by atoms with van der Waals surface area (Å²) >= 11 is 11.9. The molecular formula is C20H19Cl2N7O3. The third kappa shape index (κ3) is 7.46. The Balaban J connectivity index is 1.75. The van der Waals surface area contributed by atoms with Crippen LogP contribution in [0.1, 0.15) is 20.7 Å². The Bertz CT molecular complexity index is 1060. The Morgan fingerprint density at radius 2 is 1.62 bits per heavy atom. The van der Waals surface area contributed by atoms with E-state index in [4.69, 9.17) is 34.2 Å². The lowest BCUT2D eigenvalue weighted by Crippen LogP contribution is -2.40. The maximum Gasteiger partial charge on any atom is 0.254 e. The van der Waals surface area contributed by atoms with E-state index in [1.165, 1.54) is 12.3 Å². The van der Waals surface area contributed by atoms with Gasteiger partial charge in [-0.3, -0.25) is 14.4 Å². The van der Waals surface area contributed by atoms with Gasteiger partial charge in [0.1, 0.15) is 0 Å². The molecule has 0 fully saturated rings. The highest BCUT2D eigenvalue weighted by molar-refractivity contribution is 6.39. The van der Waals surface area contributed by atoms with Gasteiger partial charge in [0, 0.05) is 24.3 Å². The molecule has 0 bridgehead atoms. The Kier molecular flexibility index (Phi) is 9.28. The van der Waals surface area contributed by atoms with Gasteiger partial charge in [0.2, 0.25) is 18.1 Å². The Labute approximate surface area is 193 Å². The van der Waals surface area contributed by atoms with Crippen molar-refractivity contribution >= 4 is 52.6 Å². The van der Waals surface area contributed by atoms with E-state index in [1.807, 2.05) is 0 Å². The highest BCUT2D eigenvalue weighted by Gasteiger charge is 2.14. The van der Waals surface area contributed by atoms with Gasteiger partial charge in [-0.2, -0.15) is 5.26 Å². The van der Waals surface area contributed by atoms with Crippen LogP contribution in [0.5, 0.6) is 0 Å². The first-order valence-corrected chi connectivity index (χ1v) is 9.94. The maximum absolute atomic E-state index is 12.2. The molecule has 10 nitrogen and oxygen atoms in total. The van der Waals surface area contributed by atoms with Crippen LogP contribution in [-0.4, -0.2) is 43.3 Å². The number of aliphatic imine (C=N–C) groups is 1. The molecule has 2 aromatic rings. The molecule has 32 heavy (non-hydrogen) atoms. The van der Waals surface area contributed by atoms with Gasteiger partial charge in [0.15, 0.2) is 0 Å². The Hall–Kier alpha value is -3.81. The molecule has 0 aromatic heterocycles. The molecule has 0 radical (unpaired) electrons. The summed E-state index contributed by atoms with van der Waals surface area (Å²) < 4.78 is 0. The average molecular weight is 476 g/mol. The first-order valence-electron chi connectivity index (χ1n) is 9.18. The number of hydrogen-bond donors (Lipinski definition) is 5. The molecule has 6 N–H and O–H groups in total. The molecule has 0 saturated heterocycles.